The van der Waals surface area contributed by atoms with Gasteiger partial charge < -0.3 is 5.73 Å². The van der Waals surface area contributed by atoms with Gasteiger partial charge in [0.2, 0.25) is 0 Å². The lowest BCUT2D eigenvalue weighted by atomic mass is 10.1. The zero-order valence-corrected chi connectivity index (χ0v) is 11.9. The molecule has 108 valence electrons. The highest BCUT2D eigenvalue weighted by Crippen LogP contribution is 2.30. The summed E-state index contributed by atoms with van der Waals surface area (Å²) < 4.78 is 36.4. The Balaban J connectivity index is 2.57. The first-order valence-electron chi connectivity index (χ1n) is 6.07. The number of nitrogens with zero attached hydrogens (tertiary/aromatic N) is 1. The SMILES string of the molecule is CC(C)N(CCSC(F)(F)F)Cc1ccccc1N. The molecule has 0 saturated carbocycles. The highest BCUT2D eigenvalue weighted by atomic mass is 32.2. The number of rotatable bonds is 6. The quantitative estimate of drug-likeness (QED) is 0.810. The standard InChI is InChI=1S/C13H19F3N2S/c1-10(2)18(7-8-19-13(14,15)16)9-11-5-3-4-6-12(11)17/h3-6,10H,7-9,17H2,1-2H3. The third kappa shape index (κ3) is 6.20. The van der Waals surface area contributed by atoms with Crippen molar-refractivity contribution < 1.29 is 13.2 Å². The van der Waals surface area contributed by atoms with Gasteiger partial charge in [0.15, 0.2) is 0 Å². The summed E-state index contributed by atoms with van der Waals surface area (Å²) in [6.07, 6.45) is 0. The first-order chi connectivity index (χ1) is 8.79. The number of nitrogen functional groups attached to an aromatic ring is 1. The summed E-state index contributed by atoms with van der Waals surface area (Å²) >= 11 is 0.0211. The maximum absolute atomic E-state index is 12.1. The molecule has 0 fully saturated rings. The van der Waals surface area contributed by atoms with Crippen molar-refractivity contribution in [2.45, 2.75) is 31.9 Å². The number of thioether (sulfide) groups is 1. The summed E-state index contributed by atoms with van der Waals surface area (Å²) in [5.41, 5.74) is 3.33. The largest absolute Gasteiger partial charge is 0.441 e. The molecule has 0 aliphatic rings. The molecule has 19 heavy (non-hydrogen) atoms. The van der Waals surface area contributed by atoms with Gasteiger partial charge in [0.1, 0.15) is 0 Å². The fourth-order valence-electron chi connectivity index (χ4n) is 1.70. The van der Waals surface area contributed by atoms with Crippen LogP contribution >= 0.6 is 11.8 Å². The third-order valence-electron chi connectivity index (χ3n) is 2.80. The summed E-state index contributed by atoms with van der Waals surface area (Å²) in [5.74, 6) is 0.0361. The molecular formula is C13H19F3N2S. The monoisotopic (exact) mass is 292 g/mol. The van der Waals surface area contributed by atoms with E-state index in [2.05, 4.69) is 0 Å². The zero-order valence-electron chi connectivity index (χ0n) is 11.1. The van der Waals surface area contributed by atoms with E-state index in [4.69, 9.17) is 5.73 Å². The van der Waals surface area contributed by atoms with Gasteiger partial charge in [0, 0.05) is 30.6 Å². The van der Waals surface area contributed by atoms with E-state index >= 15 is 0 Å². The molecule has 2 nitrogen and oxygen atoms in total. The van der Waals surface area contributed by atoms with Crippen LogP contribution in [0.3, 0.4) is 0 Å². The van der Waals surface area contributed by atoms with Gasteiger partial charge in [-0.1, -0.05) is 18.2 Å². The minimum absolute atomic E-state index is 0.0211. The molecule has 0 aromatic heterocycles. The Hall–Kier alpha value is -0.880. The van der Waals surface area contributed by atoms with Crippen LogP contribution in [0.2, 0.25) is 0 Å². The van der Waals surface area contributed by atoms with Crippen molar-refractivity contribution in [1.29, 1.82) is 0 Å². The lowest BCUT2D eigenvalue weighted by Gasteiger charge is -2.27. The molecule has 0 heterocycles. The normalized spacial score (nSPS) is 12.4. The lowest BCUT2D eigenvalue weighted by Crippen LogP contribution is -2.33. The van der Waals surface area contributed by atoms with E-state index in [1.807, 2.05) is 36.9 Å². The summed E-state index contributed by atoms with van der Waals surface area (Å²) in [7, 11) is 0. The van der Waals surface area contributed by atoms with Crippen LogP contribution in [0.5, 0.6) is 0 Å². The molecule has 0 bridgehead atoms. The molecule has 0 spiro atoms. The number of anilines is 1. The second-order valence-corrected chi connectivity index (χ2v) is 5.72. The molecular weight excluding hydrogens is 273 g/mol. The van der Waals surface area contributed by atoms with E-state index in [0.29, 0.717) is 18.8 Å². The molecule has 0 aliphatic heterocycles. The summed E-state index contributed by atoms with van der Waals surface area (Å²) in [6, 6.07) is 7.61. The van der Waals surface area contributed by atoms with Gasteiger partial charge in [0.25, 0.3) is 0 Å². The molecule has 1 aromatic carbocycles. The van der Waals surface area contributed by atoms with E-state index in [-0.39, 0.29) is 23.6 Å². The first kappa shape index (κ1) is 16.2. The number of halogens is 3. The zero-order chi connectivity index (χ0) is 14.5. The predicted molar refractivity (Wildman–Crippen MR) is 74.9 cm³/mol. The van der Waals surface area contributed by atoms with E-state index in [9.17, 15) is 13.2 Å². The first-order valence-corrected chi connectivity index (χ1v) is 7.06. The molecule has 6 heteroatoms. The minimum Gasteiger partial charge on any atom is -0.398 e. The van der Waals surface area contributed by atoms with E-state index < -0.39 is 5.51 Å². The van der Waals surface area contributed by atoms with Crippen LogP contribution in [-0.2, 0) is 6.54 Å². The van der Waals surface area contributed by atoms with Gasteiger partial charge in [-0.15, -0.1) is 0 Å². The molecule has 0 atom stereocenters. The molecule has 2 N–H and O–H groups in total. The predicted octanol–water partition coefficient (Wildman–Crippen LogP) is 3.73. The number of nitrogens with two attached hydrogens (primary N) is 1. The van der Waals surface area contributed by atoms with Crippen molar-refractivity contribution in [2.24, 2.45) is 0 Å². The van der Waals surface area contributed by atoms with Crippen LogP contribution in [0.4, 0.5) is 18.9 Å². The van der Waals surface area contributed by atoms with Crippen LogP contribution < -0.4 is 5.73 Å². The van der Waals surface area contributed by atoms with Crippen LogP contribution in [-0.4, -0.2) is 28.7 Å². The van der Waals surface area contributed by atoms with Crippen molar-refractivity contribution in [3.8, 4) is 0 Å². The Morgan fingerprint density at radius 1 is 1.26 bits per heavy atom. The molecule has 1 rings (SSSR count). The van der Waals surface area contributed by atoms with Gasteiger partial charge >= 0.3 is 5.51 Å². The average Bonchev–Trinajstić information content (AvgIpc) is 2.28. The Labute approximate surface area is 116 Å². The van der Waals surface area contributed by atoms with E-state index in [1.165, 1.54) is 0 Å². The number of para-hydroxylation sites is 1. The summed E-state index contributed by atoms with van der Waals surface area (Å²) in [6.45, 7) is 4.90. The minimum atomic E-state index is -4.16. The van der Waals surface area contributed by atoms with Gasteiger partial charge in [0.05, 0.1) is 0 Å². The molecule has 0 unspecified atom stereocenters. The second kappa shape index (κ2) is 7.05. The van der Waals surface area contributed by atoms with Crippen LogP contribution in [0.1, 0.15) is 19.4 Å². The van der Waals surface area contributed by atoms with Crippen LogP contribution in [0, 0.1) is 0 Å². The smallest absolute Gasteiger partial charge is 0.398 e. The maximum Gasteiger partial charge on any atom is 0.441 e. The Bertz CT molecular complexity index is 394. The van der Waals surface area contributed by atoms with Gasteiger partial charge in [-0.3, -0.25) is 4.90 Å². The third-order valence-corrected chi connectivity index (χ3v) is 3.52. The van der Waals surface area contributed by atoms with Crippen molar-refractivity contribution in [2.75, 3.05) is 18.0 Å². The second-order valence-electron chi connectivity index (χ2n) is 4.56. The Morgan fingerprint density at radius 2 is 1.89 bits per heavy atom. The maximum atomic E-state index is 12.1. The van der Waals surface area contributed by atoms with Crippen molar-refractivity contribution in [3.05, 3.63) is 29.8 Å². The van der Waals surface area contributed by atoms with Gasteiger partial charge in [-0.25, -0.2) is 0 Å². The Kier molecular flexibility index (Phi) is 6.00. The van der Waals surface area contributed by atoms with E-state index in [1.54, 1.807) is 6.07 Å². The number of benzene rings is 1. The summed E-state index contributed by atoms with van der Waals surface area (Å²) in [5, 5.41) is 0. The van der Waals surface area contributed by atoms with Gasteiger partial charge in [-0.2, -0.15) is 13.2 Å². The molecule has 0 aliphatic carbocycles. The molecule has 0 amide bonds. The fraction of sp³-hybridized carbons (Fsp3) is 0.538. The average molecular weight is 292 g/mol. The topological polar surface area (TPSA) is 29.3 Å². The molecule has 0 saturated heterocycles. The highest BCUT2D eigenvalue weighted by Gasteiger charge is 2.28. The number of hydrogen-bond donors (Lipinski definition) is 1. The molecule has 0 radical (unpaired) electrons. The van der Waals surface area contributed by atoms with Crippen molar-refractivity contribution in [1.82, 2.24) is 4.90 Å². The van der Waals surface area contributed by atoms with Crippen molar-refractivity contribution in [3.63, 3.8) is 0 Å². The van der Waals surface area contributed by atoms with Crippen LogP contribution in [0.25, 0.3) is 0 Å². The fourth-order valence-corrected chi connectivity index (χ4v) is 2.25. The lowest BCUT2D eigenvalue weighted by molar-refractivity contribution is -0.0329. The van der Waals surface area contributed by atoms with Crippen molar-refractivity contribution >= 4 is 17.4 Å². The number of alkyl halides is 3. The molecule has 1 aromatic rings. The highest BCUT2D eigenvalue weighted by molar-refractivity contribution is 8.00. The Morgan fingerprint density at radius 3 is 2.42 bits per heavy atom. The van der Waals surface area contributed by atoms with Crippen LogP contribution in [0.15, 0.2) is 24.3 Å². The van der Waals surface area contributed by atoms with Gasteiger partial charge in [-0.05, 0) is 37.2 Å². The number of hydrogen-bond acceptors (Lipinski definition) is 3. The van der Waals surface area contributed by atoms with E-state index in [0.717, 1.165) is 5.56 Å². The summed E-state index contributed by atoms with van der Waals surface area (Å²) in [4.78, 5) is 1.99.